The van der Waals surface area contributed by atoms with Crippen molar-refractivity contribution in [2.24, 2.45) is 0 Å². The van der Waals surface area contributed by atoms with Crippen molar-refractivity contribution in [2.75, 3.05) is 19.0 Å². The van der Waals surface area contributed by atoms with Crippen molar-refractivity contribution in [3.63, 3.8) is 0 Å². The lowest BCUT2D eigenvalue weighted by molar-refractivity contribution is -0.140. The molecule has 0 unspecified atom stereocenters. The van der Waals surface area contributed by atoms with Crippen LogP contribution in [0, 0.1) is 11.3 Å². The number of nitrogens with zero attached hydrogens (tertiary/aromatic N) is 1. The predicted molar refractivity (Wildman–Crippen MR) is 121 cm³/mol. The van der Waals surface area contributed by atoms with Gasteiger partial charge in [0, 0.05) is 0 Å². The first-order valence-corrected chi connectivity index (χ1v) is 11.3. The fourth-order valence-corrected chi connectivity index (χ4v) is 4.13. The molecule has 0 saturated heterocycles. The molecule has 0 amide bonds. The number of benzene rings is 1. The van der Waals surface area contributed by atoms with Gasteiger partial charge >= 0.3 is 11.9 Å². The Morgan fingerprint density at radius 2 is 1.94 bits per heavy atom. The second kappa shape index (κ2) is 11.3. The van der Waals surface area contributed by atoms with E-state index in [1.807, 2.05) is 37.3 Å². The number of dihydropyridines is 1. The van der Waals surface area contributed by atoms with Crippen molar-refractivity contribution >= 4 is 29.4 Å². The standard InChI is InChI=1S/C24H24N2O5S/c1-3-12-31-19(27)15-32-23-17(14-25)20(18-11-8-13-30-18)21(24(28)29-4-2)22(26-23)16-9-6-5-7-10-16/h5-11,13,20,26H,3-4,12,15H2,1-2H3/t20-/m0/s1. The number of nitriles is 1. The number of rotatable bonds is 9. The summed E-state index contributed by atoms with van der Waals surface area (Å²) in [7, 11) is 0. The van der Waals surface area contributed by atoms with Crippen LogP contribution >= 0.6 is 11.8 Å². The highest BCUT2D eigenvalue weighted by atomic mass is 32.2. The zero-order chi connectivity index (χ0) is 22.9. The van der Waals surface area contributed by atoms with Crippen molar-refractivity contribution in [2.45, 2.75) is 26.2 Å². The topological polar surface area (TPSA) is 102 Å². The quantitative estimate of drug-likeness (QED) is 0.560. The van der Waals surface area contributed by atoms with Gasteiger partial charge in [-0.1, -0.05) is 49.0 Å². The van der Waals surface area contributed by atoms with Crippen LogP contribution in [0.5, 0.6) is 0 Å². The lowest BCUT2D eigenvalue weighted by Gasteiger charge is -2.29. The molecule has 1 atom stereocenters. The van der Waals surface area contributed by atoms with Crippen molar-refractivity contribution in [3.8, 4) is 6.07 Å². The number of esters is 2. The molecule has 0 aliphatic carbocycles. The summed E-state index contributed by atoms with van der Waals surface area (Å²) in [5.41, 5.74) is 1.81. The highest BCUT2D eigenvalue weighted by Crippen LogP contribution is 2.43. The van der Waals surface area contributed by atoms with Gasteiger partial charge in [0.15, 0.2) is 0 Å². The van der Waals surface area contributed by atoms with Gasteiger partial charge < -0.3 is 19.2 Å². The fraction of sp³-hybridized carbons (Fsp3) is 0.292. The molecule has 0 bridgehead atoms. The molecule has 0 radical (unpaired) electrons. The largest absolute Gasteiger partial charge is 0.468 e. The van der Waals surface area contributed by atoms with E-state index in [0.29, 0.717) is 23.1 Å². The van der Waals surface area contributed by atoms with Crippen LogP contribution in [0.4, 0.5) is 0 Å². The summed E-state index contributed by atoms with van der Waals surface area (Å²) in [6, 6.07) is 14.9. The first-order chi connectivity index (χ1) is 15.6. The molecule has 0 fully saturated rings. The smallest absolute Gasteiger partial charge is 0.337 e. The molecule has 1 aliphatic heterocycles. The molecular weight excluding hydrogens is 428 g/mol. The number of allylic oxidation sites excluding steroid dienone is 1. The van der Waals surface area contributed by atoms with Crippen LogP contribution in [-0.4, -0.2) is 30.9 Å². The first-order valence-electron chi connectivity index (χ1n) is 10.3. The number of thioether (sulfide) groups is 1. The third-order valence-corrected chi connectivity index (χ3v) is 5.63. The van der Waals surface area contributed by atoms with E-state index in [1.165, 1.54) is 6.26 Å². The predicted octanol–water partition coefficient (Wildman–Crippen LogP) is 4.36. The molecule has 3 rings (SSSR count). The average molecular weight is 453 g/mol. The number of furan rings is 1. The maximum absolute atomic E-state index is 13.1. The molecule has 1 aromatic carbocycles. The SMILES string of the molecule is CCCOC(=O)CSC1=C(C#N)[C@@H](c2ccco2)C(C(=O)OCC)=C(c2ccccc2)N1. The van der Waals surface area contributed by atoms with Crippen LogP contribution in [0.1, 0.15) is 37.5 Å². The van der Waals surface area contributed by atoms with E-state index in [0.717, 1.165) is 23.7 Å². The Bertz CT molecular complexity index is 1050. The zero-order valence-corrected chi connectivity index (χ0v) is 18.7. The summed E-state index contributed by atoms with van der Waals surface area (Å²) in [6.07, 6.45) is 2.22. The van der Waals surface area contributed by atoms with Gasteiger partial charge in [0.25, 0.3) is 0 Å². The Labute approximate surface area is 191 Å². The lowest BCUT2D eigenvalue weighted by Crippen LogP contribution is -2.29. The summed E-state index contributed by atoms with van der Waals surface area (Å²) in [5.74, 6) is -1.24. The third kappa shape index (κ3) is 5.24. The Morgan fingerprint density at radius 1 is 1.16 bits per heavy atom. The van der Waals surface area contributed by atoms with Gasteiger partial charge in [-0.15, -0.1) is 0 Å². The summed E-state index contributed by atoms with van der Waals surface area (Å²) < 4.78 is 16.1. The minimum Gasteiger partial charge on any atom is -0.468 e. The molecule has 7 nitrogen and oxygen atoms in total. The summed E-state index contributed by atoms with van der Waals surface area (Å²) in [5, 5.41) is 13.7. The number of carbonyl (C=O) groups excluding carboxylic acids is 2. The Balaban J connectivity index is 2.10. The lowest BCUT2D eigenvalue weighted by atomic mass is 9.84. The maximum atomic E-state index is 13.1. The molecule has 1 N–H and O–H groups in total. The van der Waals surface area contributed by atoms with Crippen LogP contribution in [0.2, 0.25) is 0 Å². The van der Waals surface area contributed by atoms with Gasteiger partial charge in [0.1, 0.15) is 5.76 Å². The molecule has 1 aliphatic rings. The van der Waals surface area contributed by atoms with E-state index in [1.54, 1.807) is 19.1 Å². The van der Waals surface area contributed by atoms with E-state index < -0.39 is 11.9 Å². The summed E-state index contributed by atoms with van der Waals surface area (Å²) >= 11 is 1.16. The molecule has 1 aromatic heterocycles. The minimum absolute atomic E-state index is 0.0230. The van der Waals surface area contributed by atoms with Gasteiger partial charge in [-0.25, -0.2) is 4.79 Å². The van der Waals surface area contributed by atoms with Crippen LogP contribution in [0.3, 0.4) is 0 Å². The Hall–Kier alpha value is -3.44. The normalized spacial score (nSPS) is 15.7. The van der Waals surface area contributed by atoms with Crippen molar-refractivity contribution in [3.05, 3.63) is 76.2 Å². The number of carbonyl (C=O) groups is 2. The second-order valence-electron chi connectivity index (χ2n) is 6.81. The van der Waals surface area contributed by atoms with Crippen LogP contribution in [0.15, 0.2) is 69.3 Å². The molecule has 2 heterocycles. The molecule has 0 saturated carbocycles. The Morgan fingerprint density at radius 3 is 2.56 bits per heavy atom. The fourth-order valence-electron chi connectivity index (χ4n) is 3.29. The van der Waals surface area contributed by atoms with Crippen molar-refractivity contribution in [1.29, 1.82) is 5.26 Å². The third-order valence-electron chi connectivity index (χ3n) is 4.64. The van der Waals surface area contributed by atoms with Crippen LogP contribution in [-0.2, 0) is 19.1 Å². The summed E-state index contributed by atoms with van der Waals surface area (Å²) in [4.78, 5) is 25.1. The first kappa shape index (κ1) is 23.2. The van der Waals surface area contributed by atoms with E-state index in [-0.39, 0.29) is 29.5 Å². The average Bonchev–Trinajstić information content (AvgIpc) is 3.35. The highest BCUT2D eigenvalue weighted by molar-refractivity contribution is 8.03. The monoisotopic (exact) mass is 452 g/mol. The molecule has 166 valence electrons. The van der Waals surface area contributed by atoms with E-state index in [4.69, 9.17) is 13.9 Å². The highest BCUT2D eigenvalue weighted by Gasteiger charge is 2.38. The van der Waals surface area contributed by atoms with Gasteiger partial charge in [-0.2, -0.15) is 5.26 Å². The van der Waals surface area contributed by atoms with Crippen LogP contribution in [0.25, 0.3) is 5.70 Å². The number of hydrogen-bond donors (Lipinski definition) is 1. The number of hydrogen-bond acceptors (Lipinski definition) is 8. The minimum atomic E-state index is -0.778. The van der Waals surface area contributed by atoms with Crippen LogP contribution < -0.4 is 5.32 Å². The van der Waals surface area contributed by atoms with Gasteiger partial charge in [-0.05, 0) is 31.0 Å². The number of nitrogens with one attached hydrogen (secondary N) is 1. The molecule has 8 heteroatoms. The van der Waals surface area contributed by atoms with Crippen molar-refractivity contribution in [1.82, 2.24) is 5.32 Å². The molecule has 2 aromatic rings. The number of ether oxygens (including phenoxy) is 2. The maximum Gasteiger partial charge on any atom is 0.337 e. The molecule has 0 spiro atoms. The van der Waals surface area contributed by atoms with E-state index in [2.05, 4.69) is 11.4 Å². The second-order valence-corrected chi connectivity index (χ2v) is 7.80. The van der Waals surface area contributed by atoms with E-state index in [9.17, 15) is 14.9 Å². The zero-order valence-electron chi connectivity index (χ0n) is 17.9. The van der Waals surface area contributed by atoms with Gasteiger partial charge in [0.2, 0.25) is 0 Å². The van der Waals surface area contributed by atoms with Crippen molar-refractivity contribution < 1.29 is 23.5 Å². The molecular formula is C24H24N2O5S. The Kier molecular flexibility index (Phi) is 8.17. The van der Waals surface area contributed by atoms with E-state index >= 15 is 0 Å². The van der Waals surface area contributed by atoms with Gasteiger partial charge in [-0.3, -0.25) is 4.79 Å². The summed E-state index contributed by atoms with van der Waals surface area (Å²) in [6.45, 7) is 4.17. The molecule has 32 heavy (non-hydrogen) atoms. The van der Waals surface area contributed by atoms with Gasteiger partial charge in [0.05, 0.1) is 59.1 Å².